The quantitative estimate of drug-likeness (QED) is 0.207. The maximum atomic E-state index is 14.1. The van der Waals surface area contributed by atoms with Crippen LogP contribution >= 0.6 is 11.7 Å². The van der Waals surface area contributed by atoms with E-state index in [9.17, 15) is 14.7 Å². The first kappa shape index (κ1) is 27.4. The number of carboxylic acid groups (broad SMARTS) is 1. The second-order valence-electron chi connectivity index (χ2n) is 8.24. The number of carbonyl (C=O) groups excluding carboxylic acids is 1. The van der Waals surface area contributed by atoms with E-state index in [2.05, 4.69) is 8.75 Å². The Kier molecular flexibility index (Phi) is 8.30. The summed E-state index contributed by atoms with van der Waals surface area (Å²) < 4.78 is 35.4. The Morgan fingerprint density at radius 2 is 1.33 bits per heavy atom. The zero-order valence-corrected chi connectivity index (χ0v) is 22.8. The van der Waals surface area contributed by atoms with Crippen molar-refractivity contribution in [2.24, 2.45) is 0 Å². The van der Waals surface area contributed by atoms with Crippen LogP contribution in [0.15, 0.2) is 54.1 Å². The van der Waals surface area contributed by atoms with Crippen LogP contribution < -0.4 is 23.7 Å². The number of Topliss-reactive ketones (excluding diaryl/α,β-unsaturated/α-hetero) is 1. The molecule has 3 aromatic carbocycles. The molecule has 0 amide bonds. The molecule has 10 nitrogen and oxygen atoms in total. The first-order chi connectivity index (χ1) is 18.8. The van der Waals surface area contributed by atoms with Gasteiger partial charge in [-0.05, 0) is 53.6 Å². The number of nitrogens with zero attached hydrogens (tertiary/aromatic N) is 2. The lowest BCUT2D eigenvalue weighted by molar-refractivity contribution is -0.130. The number of methoxy groups -OCH3 is 5. The SMILES string of the molecule is COc1ccc(C(=O)C(Cc2cc(OC)c(OC)c(OC)c2)=C(C(=O)O)c2ccc3nsnc3c2)cc1OC. The van der Waals surface area contributed by atoms with E-state index in [-0.39, 0.29) is 23.1 Å². The van der Waals surface area contributed by atoms with Crippen LogP contribution in [-0.2, 0) is 11.2 Å². The predicted octanol–water partition coefficient (Wildman–Crippen LogP) is 4.70. The Hall–Kier alpha value is -4.64. The molecule has 39 heavy (non-hydrogen) atoms. The summed E-state index contributed by atoms with van der Waals surface area (Å²) in [4.78, 5) is 26.8. The highest BCUT2D eigenvalue weighted by Gasteiger charge is 2.26. The van der Waals surface area contributed by atoms with E-state index in [0.717, 1.165) is 11.7 Å². The van der Waals surface area contributed by atoms with E-state index in [1.54, 1.807) is 42.5 Å². The molecule has 0 fully saturated rings. The van der Waals surface area contributed by atoms with Crippen LogP contribution in [0.2, 0.25) is 0 Å². The summed E-state index contributed by atoms with van der Waals surface area (Å²) in [6.45, 7) is 0. The molecule has 0 saturated carbocycles. The van der Waals surface area contributed by atoms with Crippen LogP contribution in [0.5, 0.6) is 28.7 Å². The third kappa shape index (κ3) is 5.48. The maximum absolute atomic E-state index is 14.1. The van der Waals surface area contributed by atoms with Gasteiger partial charge >= 0.3 is 5.97 Å². The van der Waals surface area contributed by atoms with E-state index in [1.165, 1.54) is 41.6 Å². The lowest BCUT2D eigenvalue weighted by atomic mass is 9.89. The Bertz CT molecular complexity index is 1550. The largest absolute Gasteiger partial charge is 0.493 e. The average Bonchev–Trinajstić information content (AvgIpc) is 3.43. The fourth-order valence-corrected chi connectivity index (χ4v) is 4.76. The van der Waals surface area contributed by atoms with E-state index in [4.69, 9.17) is 23.7 Å². The number of allylic oxidation sites excluding steroid dienone is 1. The molecule has 0 saturated heterocycles. The molecule has 4 aromatic rings. The molecular weight excluding hydrogens is 524 g/mol. The summed E-state index contributed by atoms with van der Waals surface area (Å²) in [7, 11) is 7.39. The van der Waals surface area contributed by atoms with Gasteiger partial charge in [-0.3, -0.25) is 4.79 Å². The number of hydrogen-bond donors (Lipinski definition) is 1. The Balaban J connectivity index is 1.95. The molecule has 1 aromatic heterocycles. The minimum atomic E-state index is -1.27. The van der Waals surface area contributed by atoms with Crippen molar-refractivity contribution < 1.29 is 38.4 Å². The van der Waals surface area contributed by atoms with E-state index < -0.39 is 11.8 Å². The standard InChI is InChI=1S/C28H26N2O8S/c1-34-21-9-7-17(14-22(21)35-2)26(31)18(10-15-11-23(36-3)27(38-5)24(12-15)37-4)25(28(32)33)16-6-8-19-20(13-16)30-39-29-19/h6-9,11-14H,10H2,1-5H3,(H,32,33). The van der Waals surface area contributed by atoms with Gasteiger partial charge in [-0.15, -0.1) is 0 Å². The fourth-order valence-electron chi connectivity index (χ4n) is 4.24. The second-order valence-corrected chi connectivity index (χ2v) is 8.76. The molecule has 1 N–H and O–H groups in total. The molecular formula is C28H26N2O8S. The lowest BCUT2D eigenvalue weighted by Gasteiger charge is -2.17. The van der Waals surface area contributed by atoms with Crippen molar-refractivity contribution in [2.45, 2.75) is 6.42 Å². The number of aromatic nitrogens is 2. The molecule has 0 atom stereocenters. The van der Waals surface area contributed by atoms with Gasteiger partial charge in [0.05, 0.1) is 52.9 Å². The lowest BCUT2D eigenvalue weighted by Crippen LogP contribution is -2.14. The Morgan fingerprint density at radius 1 is 0.718 bits per heavy atom. The number of hydrogen-bond acceptors (Lipinski definition) is 10. The number of benzene rings is 3. The fraction of sp³-hybridized carbons (Fsp3) is 0.214. The van der Waals surface area contributed by atoms with Crippen molar-refractivity contribution in [3.63, 3.8) is 0 Å². The molecule has 0 bridgehead atoms. The highest BCUT2D eigenvalue weighted by Crippen LogP contribution is 2.40. The van der Waals surface area contributed by atoms with Crippen LogP contribution in [0.25, 0.3) is 16.6 Å². The first-order valence-corrected chi connectivity index (χ1v) is 12.3. The van der Waals surface area contributed by atoms with Crippen molar-refractivity contribution >= 4 is 40.1 Å². The normalized spacial score (nSPS) is 11.5. The van der Waals surface area contributed by atoms with Gasteiger partial charge < -0.3 is 28.8 Å². The molecule has 1 heterocycles. The topological polar surface area (TPSA) is 126 Å². The minimum Gasteiger partial charge on any atom is -0.493 e. The summed E-state index contributed by atoms with van der Waals surface area (Å²) in [5.41, 5.74) is 2.14. The molecule has 0 aliphatic carbocycles. The van der Waals surface area contributed by atoms with Gasteiger partial charge in [0.2, 0.25) is 5.75 Å². The third-order valence-corrected chi connectivity index (χ3v) is 6.64. The number of carbonyl (C=O) groups is 2. The molecule has 0 spiro atoms. The van der Waals surface area contributed by atoms with E-state index >= 15 is 0 Å². The van der Waals surface area contributed by atoms with Gasteiger partial charge in [-0.1, -0.05) is 6.07 Å². The summed E-state index contributed by atoms with van der Waals surface area (Å²) in [5.74, 6) is 0.118. The zero-order valence-electron chi connectivity index (χ0n) is 21.9. The van der Waals surface area contributed by atoms with Gasteiger partial charge in [-0.2, -0.15) is 8.75 Å². The number of ether oxygens (including phenoxy) is 5. The molecule has 0 aliphatic rings. The van der Waals surface area contributed by atoms with Crippen LogP contribution in [0, 0.1) is 0 Å². The van der Waals surface area contributed by atoms with Gasteiger partial charge in [0.1, 0.15) is 11.0 Å². The van der Waals surface area contributed by atoms with Crippen molar-refractivity contribution in [3.8, 4) is 28.7 Å². The highest BCUT2D eigenvalue weighted by atomic mass is 32.1. The number of aliphatic carboxylic acids is 1. The van der Waals surface area contributed by atoms with E-state index in [1.807, 2.05) is 0 Å². The smallest absolute Gasteiger partial charge is 0.336 e. The van der Waals surface area contributed by atoms with Gasteiger partial charge in [-0.25, -0.2) is 4.79 Å². The Labute approximate surface area is 228 Å². The molecule has 202 valence electrons. The van der Waals surface area contributed by atoms with Crippen molar-refractivity contribution in [1.82, 2.24) is 8.75 Å². The highest BCUT2D eigenvalue weighted by molar-refractivity contribution is 7.00. The van der Waals surface area contributed by atoms with E-state index in [0.29, 0.717) is 50.9 Å². The summed E-state index contributed by atoms with van der Waals surface area (Å²) in [5, 5.41) is 10.4. The van der Waals surface area contributed by atoms with Crippen LogP contribution in [0.4, 0.5) is 0 Å². The maximum Gasteiger partial charge on any atom is 0.336 e. The van der Waals surface area contributed by atoms with Gasteiger partial charge in [0, 0.05) is 17.6 Å². The van der Waals surface area contributed by atoms with Crippen LogP contribution in [0.1, 0.15) is 21.5 Å². The minimum absolute atomic E-state index is 0.0338. The first-order valence-electron chi connectivity index (χ1n) is 11.6. The third-order valence-electron chi connectivity index (χ3n) is 6.08. The zero-order chi connectivity index (χ0) is 28.1. The number of rotatable bonds is 11. The number of ketones is 1. The monoisotopic (exact) mass is 550 g/mol. The van der Waals surface area contributed by atoms with Crippen molar-refractivity contribution in [1.29, 1.82) is 0 Å². The molecule has 0 radical (unpaired) electrons. The predicted molar refractivity (Wildman–Crippen MR) is 146 cm³/mol. The summed E-state index contributed by atoms with van der Waals surface area (Å²) >= 11 is 1.02. The molecule has 4 rings (SSSR count). The van der Waals surface area contributed by atoms with Crippen LogP contribution in [0.3, 0.4) is 0 Å². The van der Waals surface area contributed by atoms with Crippen molar-refractivity contribution in [2.75, 3.05) is 35.5 Å². The van der Waals surface area contributed by atoms with Gasteiger partial charge in [0.25, 0.3) is 0 Å². The molecule has 0 aliphatic heterocycles. The van der Waals surface area contributed by atoms with Crippen molar-refractivity contribution in [3.05, 3.63) is 70.8 Å². The van der Waals surface area contributed by atoms with Gasteiger partial charge in [0.15, 0.2) is 28.8 Å². The number of fused-ring (bicyclic) bond motifs is 1. The molecule has 0 unspecified atom stereocenters. The average molecular weight is 551 g/mol. The summed E-state index contributed by atoms with van der Waals surface area (Å²) in [6, 6.07) is 12.9. The molecule has 11 heteroatoms. The van der Waals surface area contributed by atoms with Crippen LogP contribution in [-0.4, -0.2) is 61.2 Å². The Morgan fingerprint density at radius 3 is 1.92 bits per heavy atom. The second kappa shape index (κ2) is 11.8. The summed E-state index contributed by atoms with van der Waals surface area (Å²) in [6.07, 6.45) is -0.0567. The number of carboxylic acids is 1.